The maximum atomic E-state index is 11.3. The highest BCUT2D eigenvalue weighted by Gasteiger charge is 2.42. The van der Waals surface area contributed by atoms with Gasteiger partial charge < -0.3 is 29.9 Å². The first-order chi connectivity index (χ1) is 14.0. The van der Waals surface area contributed by atoms with E-state index in [0.717, 1.165) is 0 Å². The fourth-order valence-electron chi connectivity index (χ4n) is 3.61. The lowest BCUT2D eigenvalue weighted by Crippen LogP contribution is -2.43. The second kappa shape index (κ2) is 11.3. The lowest BCUT2D eigenvalue weighted by Gasteiger charge is -2.31. The molecule has 0 aromatic heterocycles. The molecule has 4 N–H and O–H groups in total. The van der Waals surface area contributed by atoms with Crippen LogP contribution in [0.5, 0.6) is 0 Å². The molecule has 0 aromatic carbocycles. The summed E-state index contributed by atoms with van der Waals surface area (Å²) in [5.74, 6) is -3.50. The summed E-state index contributed by atoms with van der Waals surface area (Å²) in [6.45, 7) is 4.12. The van der Waals surface area contributed by atoms with Crippen LogP contribution in [0.25, 0.3) is 0 Å². The Balaban J connectivity index is 0.000000300. The molecule has 0 saturated heterocycles. The number of ether oxygens (including phenoxy) is 2. The van der Waals surface area contributed by atoms with Gasteiger partial charge in [0.05, 0.1) is 25.0 Å². The fraction of sp³-hybridized carbons (Fsp3) is 0.800. The second-order valence-electron chi connectivity index (χ2n) is 7.73. The summed E-state index contributed by atoms with van der Waals surface area (Å²) in [6, 6.07) is 0. The van der Waals surface area contributed by atoms with E-state index in [1.165, 1.54) is 0 Å². The van der Waals surface area contributed by atoms with Crippen molar-refractivity contribution < 1.29 is 49.1 Å². The average Bonchev–Trinajstić information content (AvgIpc) is 2.69. The van der Waals surface area contributed by atoms with E-state index < -0.39 is 23.1 Å². The van der Waals surface area contributed by atoms with Crippen LogP contribution >= 0.6 is 0 Å². The van der Waals surface area contributed by atoms with E-state index in [2.05, 4.69) is 0 Å². The molecule has 0 amide bonds. The second-order valence-corrected chi connectivity index (χ2v) is 7.73. The minimum atomic E-state index is -1.65. The van der Waals surface area contributed by atoms with Gasteiger partial charge in [-0.25, -0.2) is 9.59 Å². The summed E-state index contributed by atoms with van der Waals surface area (Å²) in [6.07, 6.45) is 1.97. The van der Waals surface area contributed by atoms with Crippen LogP contribution in [0.1, 0.15) is 65.2 Å². The van der Waals surface area contributed by atoms with Crippen molar-refractivity contribution in [1.82, 2.24) is 0 Å². The predicted octanol–water partition coefficient (Wildman–Crippen LogP) is 1.11. The van der Waals surface area contributed by atoms with Gasteiger partial charge >= 0.3 is 23.9 Å². The summed E-state index contributed by atoms with van der Waals surface area (Å²) >= 11 is 0. The molecule has 0 atom stereocenters. The van der Waals surface area contributed by atoms with Crippen LogP contribution in [0.2, 0.25) is 0 Å². The number of carbonyl (C=O) groups is 4. The standard InChI is InChI=1S/2C10H16O5/c2*1-2-15-8(11)7-3-5-10(14,6-4-7)9(12)13/h2*7,14H,2-6H2,1H3,(H,12,13). The highest BCUT2D eigenvalue weighted by molar-refractivity contribution is 5.79. The number of rotatable bonds is 6. The molecule has 10 nitrogen and oxygen atoms in total. The minimum absolute atomic E-state index is 0.117. The number of esters is 2. The summed E-state index contributed by atoms with van der Waals surface area (Å²) in [4.78, 5) is 44.1. The first-order valence-electron chi connectivity index (χ1n) is 10.2. The van der Waals surface area contributed by atoms with Gasteiger partial charge in [-0.1, -0.05) is 0 Å². The van der Waals surface area contributed by atoms with Crippen molar-refractivity contribution in [2.24, 2.45) is 11.8 Å². The molecule has 0 spiro atoms. The third kappa shape index (κ3) is 6.94. The molecule has 0 aliphatic heterocycles. The molecule has 2 saturated carbocycles. The lowest BCUT2D eigenvalue weighted by molar-refractivity contribution is -0.166. The van der Waals surface area contributed by atoms with E-state index in [4.69, 9.17) is 19.7 Å². The summed E-state index contributed by atoms with van der Waals surface area (Å²) < 4.78 is 9.68. The summed E-state index contributed by atoms with van der Waals surface area (Å²) in [7, 11) is 0. The first kappa shape index (κ1) is 25.8. The quantitative estimate of drug-likeness (QED) is 0.446. The number of aliphatic hydroxyl groups is 2. The molecule has 2 fully saturated rings. The van der Waals surface area contributed by atoms with Gasteiger partial charge in [0.25, 0.3) is 0 Å². The van der Waals surface area contributed by atoms with Crippen LogP contribution in [-0.2, 0) is 28.7 Å². The minimum Gasteiger partial charge on any atom is -0.479 e. The molecule has 0 unspecified atom stereocenters. The Morgan fingerprint density at radius 1 is 0.700 bits per heavy atom. The Morgan fingerprint density at radius 2 is 0.967 bits per heavy atom. The molecule has 30 heavy (non-hydrogen) atoms. The molecular formula is C20H32O10. The summed E-state index contributed by atoms with van der Waals surface area (Å²) in [5, 5.41) is 36.8. The molecule has 10 heteroatoms. The Hall–Kier alpha value is -2.20. The van der Waals surface area contributed by atoms with Crippen LogP contribution in [0.15, 0.2) is 0 Å². The van der Waals surface area contributed by atoms with Crippen LogP contribution < -0.4 is 0 Å². The maximum absolute atomic E-state index is 11.3. The van der Waals surface area contributed by atoms with Crippen molar-refractivity contribution >= 4 is 23.9 Å². The van der Waals surface area contributed by atoms with E-state index in [1.807, 2.05) is 0 Å². The monoisotopic (exact) mass is 432 g/mol. The topological polar surface area (TPSA) is 168 Å². The number of carboxylic acid groups (broad SMARTS) is 2. The smallest absolute Gasteiger partial charge is 0.335 e. The van der Waals surface area contributed by atoms with Crippen molar-refractivity contribution in [3.8, 4) is 0 Å². The van der Waals surface area contributed by atoms with Crippen LogP contribution in [0, 0.1) is 11.8 Å². The van der Waals surface area contributed by atoms with E-state index in [-0.39, 0.29) is 49.5 Å². The predicted molar refractivity (Wildman–Crippen MR) is 102 cm³/mol. The van der Waals surface area contributed by atoms with E-state index >= 15 is 0 Å². The van der Waals surface area contributed by atoms with E-state index in [0.29, 0.717) is 38.9 Å². The number of carbonyl (C=O) groups excluding carboxylic acids is 2. The molecular weight excluding hydrogens is 400 g/mol. The third-order valence-electron chi connectivity index (χ3n) is 5.66. The SMILES string of the molecule is CCOC(=O)C1CCC(O)(C(=O)O)CC1.CCOC(=O)C1CCC(O)(C(=O)O)CC1. The van der Waals surface area contributed by atoms with Crippen molar-refractivity contribution in [2.75, 3.05) is 13.2 Å². The Bertz CT molecular complexity index is 559. The van der Waals surface area contributed by atoms with Crippen molar-refractivity contribution in [1.29, 1.82) is 0 Å². The first-order valence-corrected chi connectivity index (χ1v) is 10.2. The highest BCUT2D eigenvalue weighted by Crippen LogP contribution is 2.33. The van der Waals surface area contributed by atoms with Gasteiger partial charge in [0, 0.05) is 0 Å². The van der Waals surface area contributed by atoms with Crippen molar-refractivity contribution in [3.63, 3.8) is 0 Å². The van der Waals surface area contributed by atoms with Gasteiger partial charge in [-0.3, -0.25) is 9.59 Å². The van der Waals surface area contributed by atoms with Crippen molar-refractivity contribution in [3.05, 3.63) is 0 Å². The molecule has 2 aliphatic rings. The van der Waals surface area contributed by atoms with Gasteiger partial charge in [0.1, 0.15) is 0 Å². The zero-order chi connectivity index (χ0) is 22.9. The number of hydrogen-bond acceptors (Lipinski definition) is 8. The van der Waals surface area contributed by atoms with Gasteiger partial charge in [-0.15, -0.1) is 0 Å². The Labute approximate surface area is 175 Å². The normalized spacial score (nSPS) is 30.9. The molecule has 0 aromatic rings. The number of carboxylic acids is 2. The zero-order valence-corrected chi connectivity index (χ0v) is 17.5. The van der Waals surface area contributed by atoms with Crippen LogP contribution in [-0.4, -0.2) is 68.7 Å². The van der Waals surface area contributed by atoms with Crippen molar-refractivity contribution in [2.45, 2.75) is 76.4 Å². The van der Waals surface area contributed by atoms with Crippen LogP contribution in [0.3, 0.4) is 0 Å². The van der Waals surface area contributed by atoms with Gasteiger partial charge in [-0.2, -0.15) is 0 Å². The van der Waals surface area contributed by atoms with Gasteiger partial charge in [-0.05, 0) is 65.2 Å². The lowest BCUT2D eigenvalue weighted by atomic mass is 9.79. The van der Waals surface area contributed by atoms with Gasteiger partial charge in [0.15, 0.2) is 11.2 Å². The largest absolute Gasteiger partial charge is 0.479 e. The molecule has 0 bridgehead atoms. The average molecular weight is 432 g/mol. The molecule has 2 rings (SSSR count). The zero-order valence-electron chi connectivity index (χ0n) is 17.5. The van der Waals surface area contributed by atoms with Gasteiger partial charge in [0.2, 0.25) is 0 Å². The summed E-state index contributed by atoms with van der Waals surface area (Å²) in [5.41, 5.74) is -3.30. The molecule has 172 valence electrons. The number of aliphatic carboxylic acids is 2. The molecule has 0 heterocycles. The highest BCUT2D eigenvalue weighted by atomic mass is 16.5. The van der Waals surface area contributed by atoms with E-state index in [9.17, 15) is 29.4 Å². The third-order valence-corrected chi connectivity index (χ3v) is 5.66. The van der Waals surface area contributed by atoms with E-state index in [1.54, 1.807) is 13.8 Å². The van der Waals surface area contributed by atoms with Crippen LogP contribution in [0.4, 0.5) is 0 Å². The molecule has 0 radical (unpaired) electrons. The Morgan fingerprint density at radius 3 is 1.17 bits per heavy atom. The number of hydrogen-bond donors (Lipinski definition) is 4. The Kier molecular flexibility index (Phi) is 9.70. The fourth-order valence-corrected chi connectivity index (χ4v) is 3.61. The molecule has 2 aliphatic carbocycles. The maximum Gasteiger partial charge on any atom is 0.335 e.